The molecule has 3 rings (SSSR count). The smallest absolute Gasteiger partial charge is 0.255 e. The first-order chi connectivity index (χ1) is 11.2. The van der Waals surface area contributed by atoms with Crippen LogP contribution in [0.3, 0.4) is 0 Å². The number of ether oxygens (including phenoxy) is 1. The second kappa shape index (κ2) is 5.82. The number of fused-ring (bicyclic) bond motifs is 1. The molecule has 0 aliphatic carbocycles. The Morgan fingerprint density at radius 3 is 2.52 bits per heavy atom. The van der Waals surface area contributed by atoms with Crippen molar-refractivity contribution in [2.24, 2.45) is 0 Å². The Morgan fingerprint density at radius 1 is 1.22 bits per heavy atom. The molecule has 0 N–H and O–H groups in total. The maximum atomic E-state index is 12.2. The van der Waals surface area contributed by atoms with E-state index in [1.54, 1.807) is 7.11 Å². The van der Waals surface area contributed by atoms with Crippen LogP contribution in [0.15, 0.2) is 61.2 Å². The highest BCUT2D eigenvalue weighted by atomic mass is 16.5. The van der Waals surface area contributed by atoms with Gasteiger partial charge in [0.15, 0.2) is 0 Å². The third kappa shape index (κ3) is 2.29. The van der Waals surface area contributed by atoms with Crippen molar-refractivity contribution in [1.82, 2.24) is 4.57 Å². The van der Waals surface area contributed by atoms with E-state index in [4.69, 9.17) is 4.74 Å². The van der Waals surface area contributed by atoms with Gasteiger partial charge in [-0.25, -0.2) is 0 Å². The van der Waals surface area contributed by atoms with Crippen LogP contribution in [0.25, 0.3) is 22.0 Å². The summed E-state index contributed by atoms with van der Waals surface area (Å²) in [6.45, 7) is 3.53. The van der Waals surface area contributed by atoms with E-state index in [0.717, 1.165) is 22.3 Å². The van der Waals surface area contributed by atoms with Crippen LogP contribution in [0.4, 0.5) is 0 Å². The minimum atomic E-state index is -0.322. The Balaban J connectivity index is 2.38. The largest absolute Gasteiger partial charge is 0.497 e. The molecule has 1 aromatic heterocycles. The third-order valence-electron chi connectivity index (χ3n) is 3.75. The molecule has 112 valence electrons. The predicted molar refractivity (Wildman–Crippen MR) is 89.5 cm³/mol. The van der Waals surface area contributed by atoms with Gasteiger partial charge in [0.25, 0.3) is 5.91 Å². The number of hydrogen-bond donors (Lipinski definition) is 0. The highest BCUT2D eigenvalue weighted by Crippen LogP contribution is 2.35. The van der Waals surface area contributed by atoms with Crippen molar-refractivity contribution in [3.63, 3.8) is 0 Å². The van der Waals surface area contributed by atoms with Gasteiger partial charge in [-0.15, -0.1) is 0 Å². The Bertz CT molecular complexity index is 944. The van der Waals surface area contributed by atoms with Crippen molar-refractivity contribution in [1.29, 1.82) is 5.26 Å². The van der Waals surface area contributed by atoms with Gasteiger partial charge in [0, 0.05) is 10.9 Å². The molecule has 0 bridgehead atoms. The summed E-state index contributed by atoms with van der Waals surface area (Å²) in [6, 6.07) is 17.0. The lowest BCUT2D eigenvalue weighted by atomic mass is 10.0. The molecular formula is C19H14N2O2. The summed E-state index contributed by atoms with van der Waals surface area (Å²) in [5.41, 5.74) is 2.59. The quantitative estimate of drug-likeness (QED) is 0.687. The maximum Gasteiger partial charge on any atom is 0.255 e. The highest BCUT2D eigenvalue weighted by molar-refractivity contribution is 6.07. The van der Waals surface area contributed by atoms with Crippen LogP contribution in [0.2, 0.25) is 0 Å². The summed E-state index contributed by atoms with van der Waals surface area (Å²) in [4.78, 5) is 12.2. The van der Waals surface area contributed by atoms with Gasteiger partial charge in [0.1, 0.15) is 17.5 Å². The first-order valence-corrected chi connectivity index (χ1v) is 7.06. The number of carbonyl (C=O) groups excluding carboxylic acids is 1. The monoisotopic (exact) mass is 302 g/mol. The number of allylic oxidation sites excluding steroid dienone is 1. The van der Waals surface area contributed by atoms with Gasteiger partial charge >= 0.3 is 0 Å². The first kappa shape index (κ1) is 14.6. The molecule has 0 spiro atoms. The minimum Gasteiger partial charge on any atom is -0.497 e. The van der Waals surface area contributed by atoms with Gasteiger partial charge in [-0.05, 0) is 29.8 Å². The Labute approximate surface area is 133 Å². The van der Waals surface area contributed by atoms with Crippen LogP contribution >= 0.6 is 0 Å². The van der Waals surface area contributed by atoms with Gasteiger partial charge in [-0.3, -0.25) is 9.36 Å². The lowest BCUT2D eigenvalue weighted by Crippen LogP contribution is -2.09. The lowest BCUT2D eigenvalue weighted by molar-refractivity contribution is 0.0973. The number of benzene rings is 2. The SMILES string of the molecule is C=CC(=O)n1c(C#N)c(-c2ccc(OC)cc2)c2ccccc21. The van der Waals surface area contributed by atoms with Crippen LogP contribution < -0.4 is 4.74 Å². The molecule has 4 heteroatoms. The number of carbonyl (C=O) groups is 1. The zero-order valence-corrected chi connectivity index (χ0v) is 12.6. The maximum absolute atomic E-state index is 12.2. The van der Waals surface area contributed by atoms with Crippen LogP contribution in [0.5, 0.6) is 5.75 Å². The second-order valence-electron chi connectivity index (χ2n) is 4.96. The van der Waals surface area contributed by atoms with E-state index in [1.807, 2.05) is 48.5 Å². The number of nitriles is 1. The molecule has 0 aliphatic heterocycles. The molecule has 0 atom stereocenters. The van der Waals surface area contributed by atoms with E-state index in [-0.39, 0.29) is 5.91 Å². The molecule has 0 aliphatic rings. The van der Waals surface area contributed by atoms with Crippen molar-refractivity contribution < 1.29 is 9.53 Å². The van der Waals surface area contributed by atoms with Crippen molar-refractivity contribution in [2.75, 3.05) is 7.11 Å². The minimum absolute atomic E-state index is 0.307. The molecule has 3 aromatic rings. The van der Waals surface area contributed by atoms with Crippen molar-refractivity contribution in [3.05, 3.63) is 66.9 Å². The Kier molecular flexibility index (Phi) is 3.70. The van der Waals surface area contributed by atoms with Crippen LogP contribution in [-0.4, -0.2) is 17.6 Å². The van der Waals surface area contributed by atoms with E-state index in [0.29, 0.717) is 11.2 Å². The fourth-order valence-electron chi connectivity index (χ4n) is 2.72. The number of para-hydroxylation sites is 1. The molecule has 4 nitrogen and oxygen atoms in total. The topological polar surface area (TPSA) is 55.0 Å². The molecule has 0 saturated heterocycles. The van der Waals surface area contributed by atoms with Gasteiger partial charge in [0.2, 0.25) is 0 Å². The number of rotatable bonds is 3. The summed E-state index contributed by atoms with van der Waals surface area (Å²) < 4.78 is 6.58. The van der Waals surface area contributed by atoms with Crippen molar-refractivity contribution in [3.8, 4) is 22.9 Å². The first-order valence-electron chi connectivity index (χ1n) is 7.06. The fourth-order valence-corrected chi connectivity index (χ4v) is 2.72. The molecule has 0 unspecified atom stereocenters. The van der Waals surface area contributed by atoms with Gasteiger partial charge < -0.3 is 4.74 Å². The van der Waals surface area contributed by atoms with E-state index in [1.165, 1.54) is 10.6 Å². The molecular weight excluding hydrogens is 288 g/mol. The number of methoxy groups -OCH3 is 1. The lowest BCUT2D eigenvalue weighted by Gasteiger charge is -2.04. The van der Waals surface area contributed by atoms with E-state index in [2.05, 4.69) is 12.6 Å². The summed E-state index contributed by atoms with van der Waals surface area (Å²) in [6.07, 6.45) is 1.21. The molecule has 2 aromatic carbocycles. The van der Waals surface area contributed by atoms with Gasteiger partial charge in [0.05, 0.1) is 12.6 Å². The summed E-state index contributed by atoms with van der Waals surface area (Å²) >= 11 is 0. The molecule has 0 amide bonds. The standard InChI is InChI=1S/C19H14N2O2/c1-3-18(22)21-16-7-5-4-6-15(16)19(17(21)12-20)13-8-10-14(23-2)11-9-13/h3-11H,1H2,2H3. The average molecular weight is 302 g/mol. The van der Waals surface area contributed by atoms with E-state index < -0.39 is 0 Å². The molecule has 0 fully saturated rings. The Morgan fingerprint density at radius 2 is 1.91 bits per heavy atom. The number of nitrogens with zero attached hydrogens (tertiary/aromatic N) is 2. The van der Waals surface area contributed by atoms with E-state index in [9.17, 15) is 10.1 Å². The van der Waals surface area contributed by atoms with Gasteiger partial charge in [-0.2, -0.15) is 5.26 Å². The molecule has 0 saturated carbocycles. The predicted octanol–water partition coefficient (Wildman–Crippen LogP) is 4.01. The molecule has 0 radical (unpaired) electrons. The van der Waals surface area contributed by atoms with Crippen LogP contribution in [0.1, 0.15) is 10.5 Å². The summed E-state index contributed by atoms with van der Waals surface area (Å²) in [7, 11) is 1.60. The van der Waals surface area contributed by atoms with Crippen LogP contribution in [0, 0.1) is 11.3 Å². The van der Waals surface area contributed by atoms with Crippen LogP contribution in [-0.2, 0) is 0 Å². The number of hydrogen-bond acceptors (Lipinski definition) is 3. The fraction of sp³-hybridized carbons (Fsp3) is 0.0526. The zero-order chi connectivity index (χ0) is 16.4. The molecule has 1 heterocycles. The van der Waals surface area contributed by atoms with E-state index >= 15 is 0 Å². The molecule has 23 heavy (non-hydrogen) atoms. The third-order valence-corrected chi connectivity index (χ3v) is 3.75. The number of aromatic nitrogens is 1. The Hall–Kier alpha value is -3.32. The zero-order valence-electron chi connectivity index (χ0n) is 12.6. The normalized spacial score (nSPS) is 10.3. The highest BCUT2D eigenvalue weighted by Gasteiger charge is 2.20. The summed E-state index contributed by atoms with van der Waals surface area (Å²) in [5.74, 6) is 0.413. The van der Waals surface area contributed by atoms with Crippen molar-refractivity contribution >= 4 is 16.8 Å². The second-order valence-corrected chi connectivity index (χ2v) is 4.96. The average Bonchev–Trinajstić information content (AvgIpc) is 2.95. The summed E-state index contributed by atoms with van der Waals surface area (Å²) in [5, 5.41) is 10.5. The van der Waals surface area contributed by atoms with Crippen molar-refractivity contribution in [2.45, 2.75) is 0 Å². The van der Waals surface area contributed by atoms with Gasteiger partial charge in [-0.1, -0.05) is 36.9 Å².